The summed E-state index contributed by atoms with van der Waals surface area (Å²) < 4.78 is 45.6. The van der Waals surface area contributed by atoms with Gasteiger partial charge in [0.2, 0.25) is 10.0 Å². The van der Waals surface area contributed by atoms with Crippen LogP contribution >= 0.6 is 0 Å². The smallest absolute Gasteiger partial charge is 0.246 e. The molecule has 3 aromatic heterocycles. The average Bonchev–Trinajstić information content (AvgIpc) is 3.59. The molecule has 0 amide bonds. The van der Waals surface area contributed by atoms with Crippen molar-refractivity contribution in [2.45, 2.75) is 38.1 Å². The predicted octanol–water partition coefficient (Wildman–Crippen LogP) is 3.83. The summed E-state index contributed by atoms with van der Waals surface area (Å²) in [6.07, 6.45) is 8.75. The fourth-order valence-corrected chi connectivity index (χ4v) is 6.97. The van der Waals surface area contributed by atoms with Gasteiger partial charge in [-0.2, -0.15) is 14.5 Å². The number of halogens is 1. The minimum Gasteiger partial charge on any atom is -0.291 e. The van der Waals surface area contributed by atoms with Crippen LogP contribution < -0.4 is 0 Å². The molecule has 0 saturated carbocycles. The van der Waals surface area contributed by atoms with E-state index in [4.69, 9.17) is 0 Å². The normalized spacial score (nSPS) is 19.3. The number of Topliss-reactive ketones (excluding diaryl/α,β-unsaturated/α-hetero) is 1. The Bertz CT molecular complexity index is 1720. The molecule has 1 aliphatic carbocycles. The van der Waals surface area contributed by atoms with Gasteiger partial charge >= 0.3 is 0 Å². The first-order valence-corrected chi connectivity index (χ1v) is 14.2. The van der Waals surface area contributed by atoms with E-state index in [2.05, 4.69) is 15.2 Å². The molecular weight excluding hydrogens is 519 g/mol. The Morgan fingerprint density at radius 2 is 1.92 bits per heavy atom. The van der Waals surface area contributed by atoms with Gasteiger partial charge in [-0.25, -0.2) is 17.5 Å². The number of aromatic nitrogens is 5. The van der Waals surface area contributed by atoms with Gasteiger partial charge in [-0.3, -0.25) is 14.5 Å². The number of rotatable bonds is 6. The predicted molar refractivity (Wildman–Crippen MR) is 142 cm³/mol. The number of carbonyl (C=O) groups excluding carboxylic acids is 1. The largest absolute Gasteiger partial charge is 0.291 e. The summed E-state index contributed by atoms with van der Waals surface area (Å²) in [7, 11) is -3.89. The topological polar surface area (TPSA) is 103 Å². The third-order valence-electron chi connectivity index (χ3n) is 7.61. The van der Waals surface area contributed by atoms with Crippen molar-refractivity contribution in [1.29, 1.82) is 0 Å². The van der Waals surface area contributed by atoms with E-state index in [1.54, 1.807) is 40.0 Å². The van der Waals surface area contributed by atoms with Crippen LogP contribution in [-0.2, 0) is 23.0 Å². The summed E-state index contributed by atoms with van der Waals surface area (Å²) in [6.45, 7) is 4.53. The van der Waals surface area contributed by atoms with Crippen LogP contribution in [-0.4, -0.2) is 56.1 Å². The fraction of sp³-hybridized carbons (Fsp3) is 0.286. The molecule has 200 valence electrons. The van der Waals surface area contributed by atoms with Gasteiger partial charge in [0.1, 0.15) is 16.4 Å². The molecule has 2 aliphatic rings. The molecule has 0 radical (unpaired) electrons. The summed E-state index contributed by atoms with van der Waals surface area (Å²) in [5.41, 5.74) is 3.19. The minimum atomic E-state index is -3.89. The molecule has 1 atom stereocenters. The first-order chi connectivity index (χ1) is 18.7. The maximum Gasteiger partial charge on any atom is 0.246 e. The van der Waals surface area contributed by atoms with Gasteiger partial charge in [-0.05, 0) is 80.3 Å². The number of hydrogen-bond acceptors (Lipinski definition) is 6. The van der Waals surface area contributed by atoms with Crippen molar-refractivity contribution < 1.29 is 17.6 Å². The Morgan fingerprint density at radius 1 is 1.13 bits per heavy atom. The molecule has 39 heavy (non-hydrogen) atoms. The summed E-state index contributed by atoms with van der Waals surface area (Å²) in [4.78, 5) is 18.7. The number of pyridine rings is 1. The quantitative estimate of drug-likeness (QED) is 0.341. The van der Waals surface area contributed by atoms with Crippen molar-refractivity contribution in [3.05, 3.63) is 95.1 Å². The number of hydrogen-bond donors (Lipinski definition) is 0. The van der Waals surface area contributed by atoms with Gasteiger partial charge in [0.05, 0.1) is 29.2 Å². The molecule has 1 aromatic carbocycles. The van der Waals surface area contributed by atoms with E-state index in [1.807, 2.05) is 26.0 Å². The lowest BCUT2D eigenvalue weighted by molar-refractivity contribution is 0.0770. The Labute approximate surface area is 225 Å². The van der Waals surface area contributed by atoms with E-state index in [0.29, 0.717) is 24.3 Å². The van der Waals surface area contributed by atoms with E-state index in [9.17, 15) is 17.6 Å². The second-order valence-electron chi connectivity index (χ2n) is 10.0. The third kappa shape index (κ3) is 4.22. The van der Waals surface area contributed by atoms with Crippen LogP contribution in [0.15, 0.2) is 71.7 Å². The summed E-state index contributed by atoms with van der Waals surface area (Å²) in [6, 6.07) is 9.61. The third-order valence-corrected chi connectivity index (χ3v) is 9.40. The van der Waals surface area contributed by atoms with Crippen molar-refractivity contribution >= 4 is 21.9 Å². The van der Waals surface area contributed by atoms with Crippen LogP contribution in [0, 0.1) is 18.2 Å². The lowest BCUT2D eigenvalue weighted by atomic mass is 9.65. The van der Waals surface area contributed by atoms with Gasteiger partial charge < -0.3 is 0 Å². The lowest BCUT2D eigenvalue weighted by Gasteiger charge is -2.44. The van der Waals surface area contributed by atoms with Gasteiger partial charge in [0.25, 0.3) is 0 Å². The maximum atomic E-state index is 14.3. The standard InChI is InChI=1S/C28H27FN6O3S/c1-3-33-17-24(16-31-33)39(37,38)34-11-9-21-13-26-20(15-32-35(26)23-6-4-22(29)5-7-23)14-28(21,18-34)27(36)25-12-19(2)8-10-30-25/h4-8,10,12-13,15-17H,3,9,11,14,18H2,1-2H3/t28-/m0/s1. The highest BCUT2D eigenvalue weighted by Crippen LogP contribution is 2.47. The number of fused-ring (bicyclic) bond motifs is 2. The van der Waals surface area contributed by atoms with Crippen molar-refractivity contribution in [3.63, 3.8) is 0 Å². The molecule has 4 heterocycles. The number of ketones is 1. The number of nitrogens with zero attached hydrogens (tertiary/aromatic N) is 6. The van der Waals surface area contributed by atoms with Crippen LogP contribution in [0.2, 0.25) is 0 Å². The van der Waals surface area contributed by atoms with Gasteiger partial charge in [-0.1, -0.05) is 5.57 Å². The van der Waals surface area contributed by atoms with Crippen LogP contribution in [0.3, 0.4) is 0 Å². The van der Waals surface area contributed by atoms with E-state index < -0.39 is 15.4 Å². The van der Waals surface area contributed by atoms with Crippen LogP contribution in [0.5, 0.6) is 0 Å². The average molecular weight is 547 g/mol. The van der Waals surface area contributed by atoms with Crippen LogP contribution in [0.4, 0.5) is 4.39 Å². The Morgan fingerprint density at radius 3 is 2.64 bits per heavy atom. The summed E-state index contributed by atoms with van der Waals surface area (Å²) in [5, 5.41) is 8.68. The molecule has 9 nitrogen and oxygen atoms in total. The molecule has 1 aliphatic heterocycles. The zero-order valence-corrected chi connectivity index (χ0v) is 22.4. The molecule has 4 aromatic rings. The first kappa shape index (κ1) is 25.3. The number of sulfonamides is 1. The highest BCUT2D eigenvalue weighted by Gasteiger charge is 2.51. The van der Waals surface area contributed by atoms with E-state index >= 15 is 0 Å². The van der Waals surface area contributed by atoms with Gasteiger partial charge in [0, 0.05) is 32.0 Å². The minimum absolute atomic E-state index is 0.0197. The van der Waals surface area contributed by atoms with Crippen molar-refractivity contribution in [1.82, 2.24) is 28.9 Å². The van der Waals surface area contributed by atoms with Crippen molar-refractivity contribution in [2.24, 2.45) is 5.41 Å². The van der Waals surface area contributed by atoms with E-state index in [1.165, 1.54) is 28.8 Å². The second-order valence-corrected chi connectivity index (χ2v) is 12.0. The Kier molecular flexibility index (Phi) is 6.07. The molecule has 1 saturated heterocycles. The SMILES string of the molecule is CCn1cc(S(=O)(=O)N2CCC3=Cc4c(cnn4-c4ccc(F)cc4)C[C@]3(C(=O)c3cc(C)ccn3)C2)cn1. The molecule has 1 fully saturated rings. The lowest BCUT2D eigenvalue weighted by Crippen LogP contribution is -2.53. The van der Waals surface area contributed by atoms with E-state index in [-0.39, 0.29) is 36.0 Å². The van der Waals surface area contributed by atoms with E-state index in [0.717, 1.165) is 22.4 Å². The Hall–Kier alpha value is -3.96. The molecule has 0 spiro atoms. The fourth-order valence-electron chi connectivity index (χ4n) is 5.51. The number of piperidine rings is 1. The van der Waals surface area contributed by atoms with Crippen molar-refractivity contribution in [3.8, 4) is 5.69 Å². The second kappa shape index (κ2) is 9.35. The zero-order chi connectivity index (χ0) is 27.4. The zero-order valence-electron chi connectivity index (χ0n) is 21.6. The molecule has 0 unspecified atom stereocenters. The highest BCUT2D eigenvalue weighted by atomic mass is 32.2. The summed E-state index contributed by atoms with van der Waals surface area (Å²) in [5.74, 6) is -0.562. The monoisotopic (exact) mass is 546 g/mol. The molecule has 11 heteroatoms. The summed E-state index contributed by atoms with van der Waals surface area (Å²) >= 11 is 0. The molecule has 0 N–H and O–H groups in total. The molecule has 6 rings (SSSR count). The molecular formula is C28H27FN6O3S. The number of aryl methyl sites for hydroxylation is 2. The maximum absolute atomic E-state index is 14.3. The van der Waals surface area contributed by atoms with Crippen molar-refractivity contribution in [2.75, 3.05) is 13.1 Å². The highest BCUT2D eigenvalue weighted by molar-refractivity contribution is 7.89. The van der Waals surface area contributed by atoms with Crippen LogP contribution in [0.1, 0.15) is 40.7 Å². The number of benzene rings is 1. The molecule has 0 bridgehead atoms. The van der Waals surface area contributed by atoms with Gasteiger partial charge in [0.15, 0.2) is 5.78 Å². The van der Waals surface area contributed by atoms with Gasteiger partial charge in [-0.15, -0.1) is 0 Å². The Balaban J connectivity index is 1.45. The first-order valence-electron chi connectivity index (χ1n) is 12.8. The number of carbonyl (C=O) groups is 1. The van der Waals surface area contributed by atoms with Crippen LogP contribution in [0.25, 0.3) is 11.8 Å².